The predicted molar refractivity (Wildman–Crippen MR) is 66.9 cm³/mol. The summed E-state index contributed by atoms with van der Waals surface area (Å²) < 4.78 is 5.12. The molecular weight excluding hydrogens is 216 g/mol. The van der Waals surface area contributed by atoms with E-state index in [1.165, 1.54) is 0 Å². The molecule has 4 heteroatoms. The molecule has 0 amide bonds. The highest BCUT2D eigenvalue weighted by Crippen LogP contribution is 2.27. The number of ether oxygens (including phenoxy) is 1. The van der Waals surface area contributed by atoms with Crippen LogP contribution in [0.15, 0.2) is 23.2 Å². The van der Waals surface area contributed by atoms with E-state index in [1.807, 2.05) is 32.2 Å². The van der Waals surface area contributed by atoms with Crippen LogP contribution in [0.2, 0.25) is 0 Å². The van der Waals surface area contributed by atoms with Gasteiger partial charge < -0.3 is 9.64 Å². The van der Waals surface area contributed by atoms with E-state index in [2.05, 4.69) is 9.89 Å². The van der Waals surface area contributed by atoms with E-state index in [-0.39, 0.29) is 6.04 Å². The van der Waals surface area contributed by atoms with Gasteiger partial charge in [0.25, 0.3) is 0 Å². The Hall–Kier alpha value is -1.84. The van der Waals surface area contributed by atoms with Crippen molar-refractivity contribution in [3.05, 3.63) is 29.3 Å². The molecule has 4 nitrogen and oxygen atoms in total. The number of amidine groups is 1. The van der Waals surface area contributed by atoms with Gasteiger partial charge in [-0.15, -0.1) is 0 Å². The minimum atomic E-state index is 0.115. The van der Waals surface area contributed by atoms with Gasteiger partial charge in [0.1, 0.15) is 5.75 Å². The van der Waals surface area contributed by atoms with Crippen LogP contribution in [-0.2, 0) is 0 Å². The minimum absolute atomic E-state index is 0.115. The van der Waals surface area contributed by atoms with Crippen molar-refractivity contribution in [3.8, 4) is 5.75 Å². The van der Waals surface area contributed by atoms with Gasteiger partial charge in [-0.1, -0.05) is 6.07 Å². The van der Waals surface area contributed by atoms with Crippen LogP contribution >= 0.6 is 0 Å². The zero-order chi connectivity index (χ0) is 12.4. The summed E-state index contributed by atoms with van der Waals surface area (Å²) in [5.74, 6) is 1.63. The monoisotopic (exact) mass is 232 g/mol. The van der Waals surface area contributed by atoms with E-state index in [1.54, 1.807) is 7.11 Å². The molecule has 1 aliphatic rings. The lowest BCUT2D eigenvalue weighted by atomic mass is 10.0. The summed E-state index contributed by atoms with van der Waals surface area (Å²) in [6.45, 7) is 2.85. The molecule has 1 aromatic carbocycles. The van der Waals surface area contributed by atoms with E-state index in [9.17, 15) is 4.79 Å². The number of nitrogens with zero attached hydrogens (tertiary/aromatic N) is 2. The number of hydrogen-bond acceptors (Lipinski definition) is 4. The number of rotatable bonds is 3. The average Bonchev–Trinajstić information content (AvgIpc) is 2.68. The predicted octanol–water partition coefficient (Wildman–Crippen LogP) is 1.91. The second-order valence-electron chi connectivity index (χ2n) is 4.19. The standard InChI is InChI=1S/C13H16N2O2/c1-9-14-12(7-15(9)2)10-4-5-13(17-3)11(6-10)8-16/h4-6,8,12H,7H2,1-3H3. The van der Waals surface area contributed by atoms with Crippen molar-refractivity contribution in [2.24, 2.45) is 4.99 Å². The Balaban J connectivity index is 2.32. The summed E-state index contributed by atoms with van der Waals surface area (Å²) in [6, 6.07) is 5.76. The van der Waals surface area contributed by atoms with Crippen LogP contribution in [0, 0.1) is 0 Å². The molecule has 90 valence electrons. The molecule has 0 bridgehead atoms. The van der Waals surface area contributed by atoms with Gasteiger partial charge in [0.2, 0.25) is 0 Å². The molecule has 1 aromatic rings. The lowest BCUT2D eigenvalue weighted by Crippen LogP contribution is -2.20. The molecule has 2 rings (SSSR count). The van der Waals surface area contributed by atoms with Crippen molar-refractivity contribution in [1.82, 2.24) is 4.90 Å². The zero-order valence-corrected chi connectivity index (χ0v) is 10.3. The van der Waals surface area contributed by atoms with Crippen molar-refractivity contribution < 1.29 is 9.53 Å². The molecule has 1 heterocycles. The number of aldehydes is 1. The van der Waals surface area contributed by atoms with Gasteiger partial charge in [-0.25, -0.2) is 0 Å². The molecule has 0 spiro atoms. The fourth-order valence-electron chi connectivity index (χ4n) is 1.99. The Labute approximate surface area is 101 Å². The number of hydrogen-bond donors (Lipinski definition) is 0. The third kappa shape index (κ3) is 2.16. The number of benzene rings is 1. The summed E-state index contributed by atoms with van der Waals surface area (Å²) >= 11 is 0. The Morgan fingerprint density at radius 1 is 1.53 bits per heavy atom. The van der Waals surface area contributed by atoms with Crippen LogP contribution in [0.25, 0.3) is 0 Å². The molecule has 0 aromatic heterocycles. The SMILES string of the molecule is COc1ccc(C2CN(C)C(C)=N2)cc1C=O. The quantitative estimate of drug-likeness (QED) is 0.748. The fraction of sp³-hybridized carbons (Fsp3) is 0.385. The largest absolute Gasteiger partial charge is 0.496 e. The summed E-state index contributed by atoms with van der Waals surface area (Å²) in [6.07, 6.45) is 0.817. The molecule has 0 fully saturated rings. The second-order valence-corrected chi connectivity index (χ2v) is 4.19. The van der Waals surface area contributed by atoms with Crippen LogP contribution in [0.4, 0.5) is 0 Å². The molecule has 1 aliphatic heterocycles. The number of aliphatic imine (C=N–C) groups is 1. The van der Waals surface area contributed by atoms with E-state index in [0.29, 0.717) is 11.3 Å². The Bertz CT molecular complexity index is 468. The average molecular weight is 232 g/mol. The fourth-order valence-corrected chi connectivity index (χ4v) is 1.99. The van der Waals surface area contributed by atoms with E-state index < -0.39 is 0 Å². The number of methoxy groups -OCH3 is 1. The highest BCUT2D eigenvalue weighted by Gasteiger charge is 2.21. The first-order valence-corrected chi connectivity index (χ1v) is 5.54. The topological polar surface area (TPSA) is 41.9 Å². The maximum absolute atomic E-state index is 11.0. The second kappa shape index (κ2) is 4.57. The van der Waals surface area contributed by atoms with Gasteiger partial charge in [-0.2, -0.15) is 0 Å². The smallest absolute Gasteiger partial charge is 0.153 e. The Kier molecular flexibility index (Phi) is 3.13. The summed E-state index contributed by atoms with van der Waals surface area (Å²) in [5, 5.41) is 0. The lowest BCUT2D eigenvalue weighted by Gasteiger charge is -2.13. The number of carbonyl (C=O) groups is 1. The molecule has 0 saturated heterocycles. The van der Waals surface area contributed by atoms with E-state index in [4.69, 9.17) is 4.74 Å². The Morgan fingerprint density at radius 2 is 2.29 bits per heavy atom. The molecule has 0 saturated carbocycles. The van der Waals surface area contributed by atoms with Crippen LogP contribution in [0.1, 0.15) is 28.9 Å². The maximum Gasteiger partial charge on any atom is 0.153 e. The van der Waals surface area contributed by atoms with Gasteiger partial charge in [-0.05, 0) is 24.6 Å². The first-order valence-electron chi connectivity index (χ1n) is 5.54. The van der Waals surface area contributed by atoms with E-state index >= 15 is 0 Å². The van der Waals surface area contributed by atoms with Crippen molar-refractivity contribution in [3.63, 3.8) is 0 Å². The van der Waals surface area contributed by atoms with Gasteiger partial charge in [0.15, 0.2) is 6.29 Å². The van der Waals surface area contributed by atoms with Gasteiger partial charge >= 0.3 is 0 Å². The number of likely N-dealkylation sites (N-methyl/N-ethyl adjacent to an activating group) is 1. The normalized spacial score (nSPS) is 19.1. The zero-order valence-electron chi connectivity index (χ0n) is 10.3. The van der Waals surface area contributed by atoms with Gasteiger partial charge in [-0.3, -0.25) is 9.79 Å². The highest BCUT2D eigenvalue weighted by molar-refractivity contribution is 5.82. The number of carbonyl (C=O) groups excluding carboxylic acids is 1. The summed E-state index contributed by atoms with van der Waals surface area (Å²) in [7, 11) is 3.58. The van der Waals surface area contributed by atoms with Crippen LogP contribution in [0.3, 0.4) is 0 Å². The first-order chi connectivity index (χ1) is 8.15. The first kappa shape index (κ1) is 11.6. The summed E-state index contributed by atoms with van der Waals surface area (Å²) in [4.78, 5) is 17.6. The van der Waals surface area contributed by atoms with E-state index in [0.717, 1.165) is 24.2 Å². The van der Waals surface area contributed by atoms with Crippen molar-refractivity contribution >= 4 is 12.1 Å². The van der Waals surface area contributed by atoms with Crippen molar-refractivity contribution in [2.75, 3.05) is 20.7 Å². The molecule has 0 radical (unpaired) electrons. The molecule has 1 unspecified atom stereocenters. The molecular formula is C13H16N2O2. The Morgan fingerprint density at radius 3 is 2.82 bits per heavy atom. The van der Waals surface area contributed by atoms with Gasteiger partial charge in [0, 0.05) is 13.6 Å². The molecule has 0 aliphatic carbocycles. The minimum Gasteiger partial charge on any atom is -0.496 e. The van der Waals surface area contributed by atoms with Crippen LogP contribution in [-0.4, -0.2) is 37.7 Å². The van der Waals surface area contributed by atoms with Gasteiger partial charge in [0.05, 0.1) is 24.6 Å². The maximum atomic E-state index is 11.0. The van der Waals surface area contributed by atoms with Crippen LogP contribution < -0.4 is 4.74 Å². The molecule has 1 atom stereocenters. The highest BCUT2D eigenvalue weighted by atomic mass is 16.5. The molecule has 17 heavy (non-hydrogen) atoms. The third-order valence-corrected chi connectivity index (χ3v) is 3.11. The van der Waals surface area contributed by atoms with Crippen LogP contribution in [0.5, 0.6) is 5.75 Å². The summed E-state index contributed by atoms with van der Waals surface area (Å²) in [5.41, 5.74) is 1.63. The van der Waals surface area contributed by atoms with Crippen molar-refractivity contribution in [2.45, 2.75) is 13.0 Å². The third-order valence-electron chi connectivity index (χ3n) is 3.11. The molecule has 0 N–H and O–H groups in total. The van der Waals surface area contributed by atoms with Crippen molar-refractivity contribution in [1.29, 1.82) is 0 Å². The lowest BCUT2D eigenvalue weighted by molar-refractivity contribution is 0.112.